The van der Waals surface area contributed by atoms with E-state index in [4.69, 9.17) is 0 Å². The van der Waals surface area contributed by atoms with Crippen LogP contribution in [0.4, 0.5) is 0 Å². The minimum Gasteiger partial charge on any atom is -0.339 e. The van der Waals surface area contributed by atoms with E-state index in [2.05, 4.69) is 39.0 Å². The van der Waals surface area contributed by atoms with E-state index >= 15 is 0 Å². The van der Waals surface area contributed by atoms with Gasteiger partial charge in [-0.15, -0.1) is 0 Å². The molecule has 2 aliphatic rings. The summed E-state index contributed by atoms with van der Waals surface area (Å²) in [5.41, 5.74) is 3.47. The number of rotatable bonds is 3. The van der Waals surface area contributed by atoms with Gasteiger partial charge in [0, 0.05) is 32.1 Å². The highest BCUT2D eigenvalue weighted by Crippen LogP contribution is 2.39. The van der Waals surface area contributed by atoms with Gasteiger partial charge in [0.1, 0.15) is 0 Å². The highest BCUT2D eigenvalue weighted by molar-refractivity contribution is 5.82. The fourth-order valence-corrected chi connectivity index (χ4v) is 3.34. The zero-order valence-electron chi connectivity index (χ0n) is 14.3. The molecule has 2 atom stereocenters. The van der Waals surface area contributed by atoms with Crippen LogP contribution in [0, 0.1) is 25.7 Å². The van der Waals surface area contributed by atoms with Gasteiger partial charge in [0.2, 0.25) is 11.8 Å². The van der Waals surface area contributed by atoms with E-state index in [9.17, 15) is 9.59 Å². The summed E-state index contributed by atoms with van der Waals surface area (Å²) < 4.78 is 0. The summed E-state index contributed by atoms with van der Waals surface area (Å²) in [6.07, 6.45) is 1.49. The zero-order valence-corrected chi connectivity index (χ0v) is 14.3. The van der Waals surface area contributed by atoms with Gasteiger partial charge >= 0.3 is 0 Å². The first kappa shape index (κ1) is 16.0. The van der Waals surface area contributed by atoms with Crippen molar-refractivity contribution in [1.29, 1.82) is 0 Å². The number of amides is 2. The molecule has 1 saturated carbocycles. The molecule has 1 heterocycles. The lowest BCUT2D eigenvalue weighted by atomic mass is 10.0. The van der Waals surface area contributed by atoms with E-state index in [0.717, 1.165) is 12.0 Å². The van der Waals surface area contributed by atoms with Crippen molar-refractivity contribution in [3.8, 4) is 0 Å². The largest absolute Gasteiger partial charge is 0.339 e. The predicted octanol–water partition coefficient (Wildman–Crippen LogP) is 2.17. The summed E-state index contributed by atoms with van der Waals surface area (Å²) in [7, 11) is 0. The van der Waals surface area contributed by atoms with Gasteiger partial charge in [-0.25, -0.2) is 0 Å². The molecule has 1 aromatic carbocycles. The molecule has 2 fully saturated rings. The van der Waals surface area contributed by atoms with Crippen molar-refractivity contribution in [3.05, 3.63) is 34.9 Å². The van der Waals surface area contributed by atoms with Gasteiger partial charge in [-0.3, -0.25) is 9.59 Å². The topological polar surface area (TPSA) is 40.6 Å². The van der Waals surface area contributed by atoms with Gasteiger partial charge in [0.05, 0.1) is 6.42 Å². The molecular weight excluding hydrogens is 288 g/mol. The molecule has 4 heteroatoms. The van der Waals surface area contributed by atoms with E-state index in [1.807, 2.05) is 9.80 Å². The van der Waals surface area contributed by atoms with Crippen molar-refractivity contribution in [1.82, 2.24) is 9.80 Å². The molecule has 1 aliphatic carbocycles. The van der Waals surface area contributed by atoms with Crippen LogP contribution in [0.15, 0.2) is 18.2 Å². The van der Waals surface area contributed by atoms with Crippen molar-refractivity contribution in [2.24, 2.45) is 11.8 Å². The molecule has 4 nitrogen and oxygen atoms in total. The lowest BCUT2D eigenvalue weighted by Crippen LogP contribution is -2.51. The van der Waals surface area contributed by atoms with E-state index in [1.165, 1.54) is 11.1 Å². The molecule has 0 unspecified atom stereocenters. The summed E-state index contributed by atoms with van der Waals surface area (Å²) in [4.78, 5) is 28.6. The Labute approximate surface area is 138 Å². The summed E-state index contributed by atoms with van der Waals surface area (Å²) >= 11 is 0. The van der Waals surface area contributed by atoms with Crippen LogP contribution in [0.25, 0.3) is 0 Å². The second-order valence-corrected chi connectivity index (χ2v) is 7.13. The Balaban J connectivity index is 1.54. The Morgan fingerprint density at radius 2 is 1.70 bits per heavy atom. The third-order valence-corrected chi connectivity index (χ3v) is 5.22. The molecular formula is C19H26N2O2. The molecule has 2 amide bonds. The van der Waals surface area contributed by atoms with Gasteiger partial charge in [-0.05, 0) is 37.3 Å². The van der Waals surface area contributed by atoms with Crippen molar-refractivity contribution in [3.63, 3.8) is 0 Å². The molecule has 1 aromatic rings. The van der Waals surface area contributed by atoms with E-state index in [1.54, 1.807) is 0 Å². The number of hydrogen-bond acceptors (Lipinski definition) is 2. The first-order valence-electron chi connectivity index (χ1n) is 8.58. The zero-order chi connectivity index (χ0) is 16.6. The van der Waals surface area contributed by atoms with Crippen molar-refractivity contribution in [2.75, 3.05) is 26.2 Å². The van der Waals surface area contributed by atoms with Crippen molar-refractivity contribution >= 4 is 11.8 Å². The Kier molecular flexibility index (Phi) is 4.42. The van der Waals surface area contributed by atoms with Crippen LogP contribution in [0.5, 0.6) is 0 Å². The SMILES string of the molecule is Cc1ccc(C)c(CC(=O)N2CCN(C(=O)[C@H]3C[C@H]3C)CC2)c1. The van der Waals surface area contributed by atoms with Gasteiger partial charge in [0.25, 0.3) is 0 Å². The minimum absolute atomic E-state index is 0.172. The fourth-order valence-electron chi connectivity index (χ4n) is 3.34. The molecule has 1 aliphatic heterocycles. The standard InChI is InChI=1S/C19H26N2O2/c1-13-4-5-14(2)16(10-13)12-18(22)20-6-8-21(9-7-20)19(23)17-11-15(17)3/h4-5,10,15,17H,6-9,11-12H2,1-3H3/t15-,17+/m1/s1. The van der Waals surface area contributed by atoms with Crippen LogP contribution >= 0.6 is 0 Å². The smallest absolute Gasteiger partial charge is 0.227 e. The number of carbonyl (C=O) groups is 2. The Bertz CT molecular complexity index is 618. The molecule has 3 rings (SSSR count). The lowest BCUT2D eigenvalue weighted by Gasteiger charge is -2.35. The van der Waals surface area contributed by atoms with Gasteiger partial charge < -0.3 is 9.80 Å². The molecule has 124 valence electrons. The summed E-state index contributed by atoms with van der Waals surface area (Å²) in [5.74, 6) is 1.25. The number of nitrogens with zero attached hydrogens (tertiary/aromatic N) is 2. The number of carbonyl (C=O) groups excluding carboxylic acids is 2. The maximum atomic E-state index is 12.5. The maximum Gasteiger partial charge on any atom is 0.227 e. The summed E-state index contributed by atoms with van der Waals surface area (Å²) in [6.45, 7) is 8.92. The van der Waals surface area contributed by atoms with E-state index in [0.29, 0.717) is 44.4 Å². The van der Waals surface area contributed by atoms with Crippen LogP contribution in [-0.2, 0) is 16.0 Å². The first-order chi connectivity index (χ1) is 11.0. The van der Waals surface area contributed by atoms with Crippen molar-refractivity contribution in [2.45, 2.75) is 33.6 Å². The van der Waals surface area contributed by atoms with Gasteiger partial charge in [-0.2, -0.15) is 0 Å². The molecule has 1 saturated heterocycles. The second-order valence-electron chi connectivity index (χ2n) is 7.13. The maximum absolute atomic E-state index is 12.5. The van der Waals surface area contributed by atoms with Crippen LogP contribution < -0.4 is 0 Å². The quantitative estimate of drug-likeness (QED) is 0.858. The third kappa shape index (κ3) is 3.57. The van der Waals surface area contributed by atoms with Crippen LogP contribution in [0.3, 0.4) is 0 Å². The average Bonchev–Trinajstić information content (AvgIpc) is 3.27. The Morgan fingerprint density at radius 3 is 2.30 bits per heavy atom. The van der Waals surface area contributed by atoms with E-state index in [-0.39, 0.29) is 11.8 Å². The molecule has 0 bridgehead atoms. The van der Waals surface area contributed by atoms with E-state index < -0.39 is 0 Å². The normalized spacial score (nSPS) is 23.8. The van der Waals surface area contributed by atoms with Crippen molar-refractivity contribution < 1.29 is 9.59 Å². The summed E-state index contributed by atoms with van der Waals surface area (Å²) in [6, 6.07) is 6.25. The molecule has 0 N–H and O–H groups in total. The number of benzene rings is 1. The third-order valence-electron chi connectivity index (χ3n) is 5.22. The second kappa shape index (κ2) is 6.34. The highest BCUT2D eigenvalue weighted by Gasteiger charge is 2.42. The van der Waals surface area contributed by atoms with Gasteiger partial charge in [0.15, 0.2) is 0 Å². The Hall–Kier alpha value is -1.84. The monoisotopic (exact) mass is 314 g/mol. The van der Waals surface area contributed by atoms with Crippen LogP contribution in [0.2, 0.25) is 0 Å². The summed E-state index contributed by atoms with van der Waals surface area (Å²) in [5, 5.41) is 0. The predicted molar refractivity (Wildman–Crippen MR) is 90.1 cm³/mol. The fraction of sp³-hybridized carbons (Fsp3) is 0.579. The first-order valence-corrected chi connectivity index (χ1v) is 8.58. The molecule has 0 spiro atoms. The van der Waals surface area contributed by atoms with Crippen LogP contribution in [0.1, 0.15) is 30.0 Å². The number of hydrogen-bond donors (Lipinski definition) is 0. The Morgan fingerprint density at radius 1 is 1.09 bits per heavy atom. The van der Waals surface area contributed by atoms with Gasteiger partial charge in [-0.1, -0.05) is 30.7 Å². The number of piperazine rings is 1. The number of aryl methyl sites for hydroxylation is 2. The minimum atomic E-state index is 0.172. The average molecular weight is 314 g/mol. The lowest BCUT2D eigenvalue weighted by molar-refractivity contribution is -0.140. The molecule has 23 heavy (non-hydrogen) atoms. The van der Waals surface area contributed by atoms with Crippen LogP contribution in [-0.4, -0.2) is 47.8 Å². The highest BCUT2D eigenvalue weighted by atomic mass is 16.2. The molecule has 0 radical (unpaired) electrons. The molecule has 0 aromatic heterocycles.